The average Bonchev–Trinajstić information content (AvgIpc) is 3.37. The van der Waals surface area contributed by atoms with Crippen molar-refractivity contribution in [1.82, 2.24) is 14.7 Å². The first-order valence-corrected chi connectivity index (χ1v) is 10.4. The number of piperazine rings is 1. The van der Waals surface area contributed by atoms with E-state index in [0.717, 1.165) is 30.8 Å². The van der Waals surface area contributed by atoms with Gasteiger partial charge in [0.2, 0.25) is 11.8 Å². The van der Waals surface area contributed by atoms with Crippen molar-refractivity contribution >= 4 is 29.4 Å². The van der Waals surface area contributed by atoms with Crippen LogP contribution in [0.2, 0.25) is 0 Å². The predicted octanol–water partition coefficient (Wildman–Crippen LogP) is 0.257. The molecule has 160 valence electrons. The van der Waals surface area contributed by atoms with E-state index < -0.39 is 12.0 Å². The van der Waals surface area contributed by atoms with Crippen LogP contribution in [0.5, 0.6) is 0 Å². The van der Waals surface area contributed by atoms with Crippen LogP contribution in [0, 0.1) is 0 Å². The van der Waals surface area contributed by atoms with Gasteiger partial charge >= 0.3 is 5.97 Å². The molecule has 3 aliphatic heterocycles. The molecule has 3 saturated heterocycles. The van der Waals surface area contributed by atoms with Crippen molar-refractivity contribution in [1.29, 1.82) is 0 Å². The van der Waals surface area contributed by atoms with Crippen molar-refractivity contribution < 1.29 is 24.3 Å². The molecule has 0 radical (unpaired) electrons. The van der Waals surface area contributed by atoms with Crippen LogP contribution in [-0.2, 0) is 14.4 Å². The van der Waals surface area contributed by atoms with Gasteiger partial charge in [-0.2, -0.15) is 0 Å². The number of hydrogen-bond acceptors (Lipinski definition) is 6. The fourth-order valence-electron chi connectivity index (χ4n) is 4.42. The molecule has 30 heavy (non-hydrogen) atoms. The van der Waals surface area contributed by atoms with Gasteiger partial charge in [-0.15, -0.1) is 0 Å². The summed E-state index contributed by atoms with van der Waals surface area (Å²) in [7, 11) is 0. The van der Waals surface area contributed by atoms with Crippen LogP contribution in [0.1, 0.15) is 29.6 Å². The smallest absolute Gasteiger partial charge is 0.335 e. The van der Waals surface area contributed by atoms with Gasteiger partial charge in [0.05, 0.1) is 30.3 Å². The van der Waals surface area contributed by atoms with Crippen molar-refractivity contribution in [2.24, 2.45) is 0 Å². The van der Waals surface area contributed by atoms with Crippen LogP contribution in [-0.4, -0.2) is 95.4 Å². The fourth-order valence-corrected chi connectivity index (χ4v) is 4.42. The Bertz CT molecular complexity index is 841. The van der Waals surface area contributed by atoms with Crippen molar-refractivity contribution in [3.05, 3.63) is 29.8 Å². The molecule has 1 unspecified atom stereocenters. The summed E-state index contributed by atoms with van der Waals surface area (Å²) in [6.45, 7) is 4.73. The maximum atomic E-state index is 12.9. The van der Waals surface area contributed by atoms with E-state index in [1.165, 1.54) is 24.3 Å². The summed E-state index contributed by atoms with van der Waals surface area (Å²) in [6.07, 6.45) is 2.27. The lowest BCUT2D eigenvalue weighted by molar-refractivity contribution is -0.132. The number of carboxylic acid groups (broad SMARTS) is 1. The van der Waals surface area contributed by atoms with E-state index in [0.29, 0.717) is 38.4 Å². The summed E-state index contributed by atoms with van der Waals surface area (Å²) in [4.78, 5) is 56.0. The Hall–Kier alpha value is -2.78. The molecule has 0 aromatic heterocycles. The minimum absolute atomic E-state index is 0.106. The molecule has 0 aliphatic carbocycles. The molecule has 9 nitrogen and oxygen atoms in total. The second-order valence-corrected chi connectivity index (χ2v) is 8.04. The number of benzene rings is 1. The molecule has 3 fully saturated rings. The molecule has 0 spiro atoms. The summed E-state index contributed by atoms with van der Waals surface area (Å²) < 4.78 is 0. The average molecular weight is 414 g/mol. The second-order valence-electron chi connectivity index (χ2n) is 8.04. The third kappa shape index (κ3) is 4.08. The highest BCUT2D eigenvalue weighted by Crippen LogP contribution is 2.26. The molecule has 4 rings (SSSR count). The summed E-state index contributed by atoms with van der Waals surface area (Å²) in [5, 5.41) is 9.01. The van der Waals surface area contributed by atoms with Gasteiger partial charge in [-0.3, -0.25) is 24.2 Å². The molecule has 0 saturated carbocycles. The third-order valence-electron chi connectivity index (χ3n) is 6.16. The van der Waals surface area contributed by atoms with Gasteiger partial charge in [-0.05, 0) is 37.1 Å². The number of carboxylic acids is 1. The van der Waals surface area contributed by atoms with Crippen LogP contribution in [0.3, 0.4) is 0 Å². The number of carbonyl (C=O) groups excluding carboxylic acids is 3. The Morgan fingerprint density at radius 1 is 0.933 bits per heavy atom. The van der Waals surface area contributed by atoms with Crippen molar-refractivity contribution in [2.45, 2.75) is 25.3 Å². The van der Waals surface area contributed by atoms with E-state index in [1.807, 2.05) is 9.80 Å². The van der Waals surface area contributed by atoms with Gasteiger partial charge in [0.15, 0.2) is 0 Å². The standard InChI is InChI=1S/C21H26N4O5/c26-18-13-17(20(28)25(18)16-5-3-15(4-6-16)21(29)30)23-11-9-22(10-12-23)14-19(27)24-7-1-2-8-24/h3-6,17H,1-2,7-14H2,(H,29,30). The molecule has 1 aromatic rings. The Morgan fingerprint density at radius 3 is 2.17 bits per heavy atom. The van der Waals surface area contributed by atoms with E-state index in [2.05, 4.69) is 4.90 Å². The zero-order valence-corrected chi connectivity index (χ0v) is 16.8. The minimum Gasteiger partial charge on any atom is -0.478 e. The normalized spacial score (nSPS) is 23.4. The van der Waals surface area contributed by atoms with E-state index in [4.69, 9.17) is 5.11 Å². The number of rotatable bonds is 5. The highest BCUT2D eigenvalue weighted by Gasteiger charge is 2.43. The fraction of sp³-hybridized carbons (Fsp3) is 0.524. The Balaban J connectivity index is 1.34. The topological polar surface area (TPSA) is 101 Å². The summed E-state index contributed by atoms with van der Waals surface area (Å²) in [5.74, 6) is -1.44. The van der Waals surface area contributed by atoms with Crippen molar-refractivity contribution in [3.63, 3.8) is 0 Å². The molecule has 3 aliphatic rings. The number of carbonyl (C=O) groups is 4. The quantitative estimate of drug-likeness (QED) is 0.690. The van der Waals surface area contributed by atoms with E-state index >= 15 is 0 Å². The molecule has 9 heteroatoms. The molecule has 1 N–H and O–H groups in total. The molecule has 1 atom stereocenters. The van der Waals surface area contributed by atoms with E-state index in [1.54, 1.807) is 0 Å². The maximum Gasteiger partial charge on any atom is 0.335 e. The van der Waals surface area contributed by atoms with E-state index in [9.17, 15) is 19.2 Å². The Morgan fingerprint density at radius 2 is 1.57 bits per heavy atom. The zero-order valence-electron chi connectivity index (χ0n) is 16.8. The molecule has 3 amide bonds. The van der Waals surface area contributed by atoms with Crippen LogP contribution in [0.4, 0.5) is 5.69 Å². The zero-order chi connectivity index (χ0) is 21.3. The molecule has 1 aromatic carbocycles. The number of nitrogens with zero attached hydrogens (tertiary/aromatic N) is 4. The first-order valence-electron chi connectivity index (χ1n) is 10.4. The highest BCUT2D eigenvalue weighted by atomic mass is 16.4. The SMILES string of the molecule is O=C(O)c1ccc(N2C(=O)CC(N3CCN(CC(=O)N4CCCC4)CC3)C2=O)cc1. The predicted molar refractivity (Wildman–Crippen MR) is 108 cm³/mol. The van der Waals surface area contributed by atoms with Gasteiger partial charge < -0.3 is 10.0 Å². The summed E-state index contributed by atoms with van der Waals surface area (Å²) >= 11 is 0. The van der Waals surface area contributed by atoms with Gasteiger partial charge in [0.1, 0.15) is 0 Å². The molecule has 0 bridgehead atoms. The lowest BCUT2D eigenvalue weighted by Gasteiger charge is -2.37. The van der Waals surface area contributed by atoms with E-state index in [-0.39, 0.29) is 29.7 Å². The number of imide groups is 1. The number of anilines is 1. The largest absolute Gasteiger partial charge is 0.478 e. The second kappa shape index (κ2) is 8.53. The maximum absolute atomic E-state index is 12.9. The lowest BCUT2D eigenvalue weighted by atomic mass is 10.1. The molecule has 3 heterocycles. The van der Waals surface area contributed by atoms with Crippen molar-refractivity contribution in [2.75, 3.05) is 50.7 Å². The Labute approximate surface area is 174 Å². The van der Waals surface area contributed by atoms with Crippen LogP contribution in [0.25, 0.3) is 0 Å². The van der Waals surface area contributed by atoms with Crippen molar-refractivity contribution in [3.8, 4) is 0 Å². The summed E-state index contributed by atoms with van der Waals surface area (Å²) in [5.41, 5.74) is 0.501. The highest BCUT2D eigenvalue weighted by molar-refractivity contribution is 6.22. The van der Waals surface area contributed by atoms with Gasteiger partial charge in [-0.1, -0.05) is 0 Å². The van der Waals surface area contributed by atoms with Gasteiger partial charge in [0.25, 0.3) is 5.91 Å². The van der Waals surface area contributed by atoms with Gasteiger partial charge in [0, 0.05) is 39.3 Å². The monoisotopic (exact) mass is 414 g/mol. The van der Waals surface area contributed by atoms with Crippen LogP contribution >= 0.6 is 0 Å². The Kier molecular flexibility index (Phi) is 5.83. The first kappa shape index (κ1) is 20.5. The van der Waals surface area contributed by atoms with Gasteiger partial charge in [-0.25, -0.2) is 9.69 Å². The number of aromatic carboxylic acids is 1. The van der Waals surface area contributed by atoms with Crippen LogP contribution < -0.4 is 4.90 Å². The summed E-state index contributed by atoms with van der Waals surface area (Å²) in [6, 6.07) is 5.25. The first-order chi connectivity index (χ1) is 14.4. The minimum atomic E-state index is -1.06. The van der Waals surface area contributed by atoms with Crippen LogP contribution in [0.15, 0.2) is 24.3 Å². The number of likely N-dealkylation sites (tertiary alicyclic amines) is 1. The molecular weight excluding hydrogens is 388 g/mol. The number of amides is 3. The number of hydrogen-bond donors (Lipinski definition) is 1. The molecular formula is C21H26N4O5. The third-order valence-corrected chi connectivity index (χ3v) is 6.16. The lowest BCUT2D eigenvalue weighted by Crippen LogP contribution is -2.54.